The van der Waals surface area contributed by atoms with Crippen molar-refractivity contribution in [2.45, 2.75) is 32.7 Å². The monoisotopic (exact) mass is 249 g/mol. The highest BCUT2D eigenvalue weighted by Crippen LogP contribution is 2.15. The topological polar surface area (TPSA) is 98.2 Å². The fourth-order valence-electron chi connectivity index (χ4n) is 1.71. The van der Waals surface area contributed by atoms with Crippen molar-refractivity contribution in [3.63, 3.8) is 0 Å². The molecule has 1 aromatic rings. The Labute approximate surface area is 107 Å². The van der Waals surface area contributed by atoms with Gasteiger partial charge in [0.15, 0.2) is 0 Å². The van der Waals surface area contributed by atoms with Crippen molar-refractivity contribution in [1.29, 1.82) is 0 Å². The van der Waals surface area contributed by atoms with Gasteiger partial charge in [0.2, 0.25) is 11.8 Å². The first kappa shape index (κ1) is 14.2. The Balaban J connectivity index is 2.70. The van der Waals surface area contributed by atoms with Crippen LogP contribution >= 0.6 is 0 Å². The van der Waals surface area contributed by atoms with Crippen molar-refractivity contribution in [2.75, 3.05) is 5.32 Å². The molecule has 5 N–H and O–H groups in total. The van der Waals surface area contributed by atoms with Crippen LogP contribution in [-0.4, -0.2) is 17.9 Å². The molecule has 0 saturated carbocycles. The number of hydrogen-bond donors (Lipinski definition) is 3. The number of aryl methyl sites for hydroxylation is 2. The first-order valence-corrected chi connectivity index (χ1v) is 5.88. The van der Waals surface area contributed by atoms with Crippen LogP contribution in [-0.2, 0) is 16.0 Å². The molecule has 0 saturated heterocycles. The molecule has 0 fully saturated rings. The Morgan fingerprint density at radius 3 is 2.56 bits per heavy atom. The molecule has 18 heavy (non-hydrogen) atoms. The maximum absolute atomic E-state index is 11.7. The third kappa shape index (κ3) is 3.85. The van der Waals surface area contributed by atoms with E-state index in [2.05, 4.69) is 12.2 Å². The van der Waals surface area contributed by atoms with E-state index in [0.29, 0.717) is 5.69 Å². The zero-order valence-electron chi connectivity index (χ0n) is 10.7. The number of hydrogen-bond acceptors (Lipinski definition) is 3. The van der Waals surface area contributed by atoms with Gasteiger partial charge in [-0.2, -0.15) is 0 Å². The van der Waals surface area contributed by atoms with Crippen molar-refractivity contribution >= 4 is 17.5 Å². The lowest BCUT2D eigenvalue weighted by Crippen LogP contribution is -2.39. The van der Waals surface area contributed by atoms with Crippen LogP contribution in [0.3, 0.4) is 0 Å². The summed E-state index contributed by atoms with van der Waals surface area (Å²) in [5.74, 6) is -0.993. The number of carbonyl (C=O) groups is 2. The van der Waals surface area contributed by atoms with Gasteiger partial charge in [0.25, 0.3) is 0 Å². The highest BCUT2D eigenvalue weighted by atomic mass is 16.2. The average molecular weight is 249 g/mol. The number of anilines is 1. The van der Waals surface area contributed by atoms with Gasteiger partial charge in [-0.3, -0.25) is 9.59 Å². The van der Waals surface area contributed by atoms with E-state index in [4.69, 9.17) is 11.5 Å². The highest BCUT2D eigenvalue weighted by Gasteiger charge is 2.16. The molecule has 0 bridgehead atoms. The molecular weight excluding hydrogens is 230 g/mol. The molecule has 5 nitrogen and oxygen atoms in total. The van der Waals surface area contributed by atoms with Gasteiger partial charge in [-0.15, -0.1) is 0 Å². The molecular formula is C13H19N3O2. The summed E-state index contributed by atoms with van der Waals surface area (Å²) in [5.41, 5.74) is 13.6. The van der Waals surface area contributed by atoms with Gasteiger partial charge >= 0.3 is 0 Å². The second-order valence-electron chi connectivity index (χ2n) is 4.26. The van der Waals surface area contributed by atoms with Crippen molar-refractivity contribution < 1.29 is 9.59 Å². The normalized spacial score (nSPS) is 11.9. The molecule has 0 radical (unpaired) electrons. The molecule has 0 heterocycles. The van der Waals surface area contributed by atoms with Crippen molar-refractivity contribution in [3.8, 4) is 0 Å². The summed E-state index contributed by atoms with van der Waals surface area (Å²) in [5, 5.41) is 2.67. The highest BCUT2D eigenvalue weighted by molar-refractivity contribution is 5.97. The number of benzene rings is 1. The third-order valence-electron chi connectivity index (χ3n) is 2.75. The Hall–Kier alpha value is -1.88. The summed E-state index contributed by atoms with van der Waals surface area (Å²) in [6.07, 6.45) is 0.791. The Bertz CT molecular complexity index is 458. The first-order valence-electron chi connectivity index (χ1n) is 5.88. The van der Waals surface area contributed by atoms with Gasteiger partial charge in [-0.1, -0.05) is 13.0 Å². The van der Waals surface area contributed by atoms with E-state index in [1.165, 1.54) is 5.56 Å². The molecule has 0 aliphatic carbocycles. The number of nitrogens with two attached hydrogens (primary N) is 2. The van der Waals surface area contributed by atoms with E-state index in [9.17, 15) is 9.59 Å². The largest absolute Gasteiger partial charge is 0.370 e. The van der Waals surface area contributed by atoms with Crippen molar-refractivity contribution in [1.82, 2.24) is 0 Å². The van der Waals surface area contributed by atoms with E-state index in [0.717, 1.165) is 12.0 Å². The van der Waals surface area contributed by atoms with E-state index >= 15 is 0 Å². The molecule has 1 unspecified atom stereocenters. The van der Waals surface area contributed by atoms with Crippen LogP contribution in [0.4, 0.5) is 5.69 Å². The smallest absolute Gasteiger partial charge is 0.241 e. The summed E-state index contributed by atoms with van der Waals surface area (Å²) < 4.78 is 0. The van der Waals surface area contributed by atoms with Crippen LogP contribution in [0.15, 0.2) is 18.2 Å². The number of carbonyl (C=O) groups excluding carboxylic acids is 2. The molecule has 98 valence electrons. The average Bonchev–Trinajstić information content (AvgIpc) is 2.28. The molecule has 1 aromatic carbocycles. The van der Waals surface area contributed by atoms with Gasteiger partial charge in [-0.05, 0) is 36.6 Å². The van der Waals surface area contributed by atoms with Gasteiger partial charge in [0, 0.05) is 5.69 Å². The lowest BCUT2D eigenvalue weighted by Gasteiger charge is -2.12. The van der Waals surface area contributed by atoms with Crippen LogP contribution in [0.1, 0.15) is 24.5 Å². The molecule has 0 aliphatic heterocycles. The first-order chi connectivity index (χ1) is 8.43. The van der Waals surface area contributed by atoms with Gasteiger partial charge < -0.3 is 16.8 Å². The van der Waals surface area contributed by atoms with Crippen LogP contribution in [0.25, 0.3) is 0 Å². The number of amides is 2. The zero-order chi connectivity index (χ0) is 13.7. The predicted molar refractivity (Wildman–Crippen MR) is 71.0 cm³/mol. The van der Waals surface area contributed by atoms with Crippen LogP contribution in [0.2, 0.25) is 0 Å². The molecule has 0 aromatic heterocycles. The molecule has 0 spiro atoms. The minimum Gasteiger partial charge on any atom is -0.370 e. The minimum atomic E-state index is -0.909. The Morgan fingerprint density at radius 2 is 2.06 bits per heavy atom. The van der Waals surface area contributed by atoms with Crippen LogP contribution in [0.5, 0.6) is 0 Å². The number of nitrogens with one attached hydrogen (secondary N) is 1. The standard InChI is InChI=1S/C13H19N3O2/c1-3-9-4-5-10(6-8(9)2)16-13(18)11(14)7-12(15)17/h4-6,11H,3,7,14H2,1-2H3,(H2,15,17)(H,16,18). The Kier molecular flexibility index (Phi) is 4.85. The second-order valence-corrected chi connectivity index (χ2v) is 4.26. The van der Waals surface area contributed by atoms with Crippen molar-refractivity contribution in [2.24, 2.45) is 11.5 Å². The maximum Gasteiger partial charge on any atom is 0.241 e. The maximum atomic E-state index is 11.7. The third-order valence-corrected chi connectivity index (χ3v) is 2.75. The SMILES string of the molecule is CCc1ccc(NC(=O)C(N)CC(N)=O)cc1C. The molecule has 0 aliphatic rings. The number of rotatable bonds is 5. The zero-order valence-corrected chi connectivity index (χ0v) is 10.7. The van der Waals surface area contributed by atoms with Crippen LogP contribution in [0, 0.1) is 6.92 Å². The van der Waals surface area contributed by atoms with E-state index in [1.54, 1.807) is 0 Å². The van der Waals surface area contributed by atoms with E-state index in [1.807, 2.05) is 25.1 Å². The summed E-state index contributed by atoms with van der Waals surface area (Å²) in [6, 6.07) is 4.76. The summed E-state index contributed by atoms with van der Waals surface area (Å²) in [4.78, 5) is 22.3. The summed E-state index contributed by atoms with van der Waals surface area (Å²) in [7, 11) is 0. The molecule has 2 amide bonds. The number of primary amides is 1. The van der Waals surface area contributed by atoms with Gasteiger partial charge in [0.05, 0.1) is 12.5 Å². The lowest BCUT2D eigenvalue weighted by molar-refractivity contribution is -0.123. The molecule has 1 rings (SSSR count). The summed E-state index contributed by atoms with van der Waals surface area (Å²) >= 11 is 0. The summed E-state index contributed by atoms with van der Waals surface area (Å²) in [6.45, 7) is 4.06. The lowest BCUT2D eigenvalue weighted by atomic mass is 10.1. The van der Waals surface area contributed by atoms with Crippen molar-refractivity contribution in [3.05, 3.63) is 29.3 Å². The second kappa shape index (κ2) is 6.16. The van der Waals surface area contributed by atoms with E-state index < -0.39 is 17.9 Å². The fourth-order valence-corrected chi connectivity index (χ4v) is 1.71. The van der Waals surface area contributed by atoms with Crippen LogP contribution < -0.4 is 16.8 Å². The molecule has 1 atom stereocenters. The van der Waals surface area contributed by atoms with E-state index in [-0.39, 0.29) is 6.42 Å². The van der Waals surface area contributed by atoms with Gasteiger partial charge in [-0.25, -0.2) is 0 Å². The fraction of sp³-hybridized carbons (Fsp3) is 0.385. The molecule has 5 heteroatoms. The predicted octanol–water partition coefficient (Wildman–Crippen LogP) is 0.699. The Morgan fingerprint density at radius 1 is 1.39 bits per heavy atom. The minimum absolute atomic E-state index is 0.155. The van der Waals surface area contributed by atoms with Gasteiger partial charge in [0.1, 0.15) is 0 Å². The quantitative estimate of drug-likeness (QED) is 0.716.